The third kappa shape index (κ3) is 2.85. The molecule has 3 rings (SSSR count). The van der Waals surface area contributed by atoms with Crippen molar-refractivity contribution in [1.82, 2.24) is 9.72 Å². The van der Waals surface area contributed by atoms with Gasteiger partial charge in [-0.25, -0.2) is 0 Å². The Morgan fingerprint density at radius 2 is 1.83 bits per heavy atom. The summed E-state index contributed by atoms with van der Waals surface area (Å²) < 4.78 is 7.07. The molecular formula is C19H21N3O2. The van der Waals surface area contributed by atoms with E-state index in [-0.39, 0.29) is 5.91 Å². The monoisotopic (exact) mass is 323 g/mol. The van der Waals surface area contributed by atoms with Gasteiger partial charge in [-0.05, 0) is 52.3 Å². The lowest BCUT2D eigenvalue weighted by molar-refractivity contribution is 0.102. The van der Waals surface area contributed by atoms with Gasteiger partial charge >= 0.3 is 0 Å². The van der Waals surface area contributed by atoms with Gasteiger partial charge in [0.05, 0.1) is 5.56 Å². The molecule has 5 nitrogen and oxygen atoms in total. The molecule has 0 unspecified atom stereocenters. The maximum atomic E-state index is 12.7. The molecule has 0 fully saturated rings. The van der Waals surface area contributed by atoms with Gasteiger partial charge in [0, 0.05) is 23.1 Å². The van der Waals surface area contributed by atoms with Crippen LogP contribution in [0.2, 0.25) is 0 Å². The van der Waals surface area contributed by atoms with Crippen LogP contribution in [-0.4, -0.2) is 15.6 Å². The summed E-state index contributed by atoms with van der Waals surface area (Å²) in [4.78, 5) is 12.7. The van der Waals surface area contributed by atoms with Crippen molar-refractivity contribution in [3.05, 3.63) is 64.2 Å². The van der Waals surface area contributed by atoms with E-state index in [0.717, 1.165) is 28.4 Å². The van der Waals surface area contributed by atoms with E-state index in [0.29, 0.717) is 11.4 Å². The molecule has 1 amide bonds. The highest BCUT2D eigenvalue weighted by Crippen LogP contribution is 2.23. The van der Waals surface area contributed by atoms with Gasteiger partial charge in [-0.2, -0.15) is 0 Å². The molecule has 2 aromatic heterocycles. The number of amides is 1. The number of benzene rings is 1. The number of carbonyl (C=O) groups is 1. The molecule has 0 atom stereocenters. The molecule has 0 spiro atoms. The first-order chi connectivity index (χ1) is 11.4. The fraction of sp³-hybridized carbons (Fsp3) is 0.263. The van der Waals surface area contributed by atoms with Crippen molar-refractivity contribution < 1.29 is 9.32 Å². The molecule has 0 saturated carbocycles. The predicted molar refractivity (Wildman–Crippen MR) is 93.9 cm³/mol. The second-order valence-corrected chi connectivity index (χ2v) is 6.19. The van der Waals surface area contributed by atoms with Crippen LogP contribution in [0.5, 0.6) is 0 Å². The molecule has 0 radical (unpaired) electrons. The summed E-state index contributed by atoms with van der Waals surface area (Å²) in [6.07, 6.45) is 0. The molecule has 2 heterocycles. The topological polar surface area (TPSA) is 60.1 Å². The Morgan fingerprint density at radius 3 is 2.46 bits per heavy atom. The van der Waals surface area contributed by atoms with Crippen molar-refractivity contribution in [3.63, 3.8) is 0 Å². The number of rotatable bonds is 3. The molecular weight excluding hydrogens is 302 g/mol. The predicted octanol–water partition coefficient (Wildman–Crippen LogP) is 4.26. The third-order valence-electron chi connectivity index (χ3n) is 4.15. The van der Waals surface area contributed by atoms with Crippen LogP contribution >= 0.6 is 0 Å². The summed E-state index contributed by atoms with van der Waals surface area (Å²) in [7, 11) is 0. The number of nitrogens with one attached hydrogen (secondary N) is 1. The summed E-state index contributed by atoms with van der Waals surface area (Å²) in [6.45, 7) is 9.73. The summed E-state index contributed by atoms with van der Waals surface area (Å²) in [5, 5.41) is 7.04. The first-order valence-electron chi connectivity index (χ1n) is 7.88. The van der Waals surface area contributed by atoms with Crippen LogP contribution in [0.4, 0.5) is 5.69 Å². The highest BCUT2D eigenvalue weighted by molar-refractivity contribution is 6.05. The Labute approximate surface area is 141 Å². The number of hydrogen-bond donors (Lipinski definition) is 1. The average Bonchev–Trinajstić information content (AvgIpc) is 3.05. The quantitative estimate of drug-likeness (QED) is 0.783. The molecule has 0 saturated heterocycles. The van der Waals surface area contributed by atoms with Crippen LogP contribution in [0, 0.1) is 34.6 Å². The van der Waals surface area contributed by atoms with Crippen LogP contribution in [0.1, 0.15) is 38.6 Å². The van der Waals surface area contributed by atoms with E-state index in [9.17, 15) is 4.79 Å². The van der Waals surface area contributed by atoms with E-state index in [1.54, 1.807) is 0 Å². The van der Waals surface area contributed by atoms with Crippen molar-refractivity contribution in [3.8, 4) is 5.82 Å². The highest BCUT2D eigenvalue weighted by atomic mass is 16.5. The van der Waals surface area contributed by atoms with Crippen LogP contribution in [0.3, 0.4) is 0 Å². The minimum absolute atomic E-state index is 0.124. The van der Waals surface area contributed by atoms with Gasteiger partial charge in [0.15, 0.2) is 5.82 Å². The van der Waals surface area contributed by atoms with Gasteiger partial charge < -0.3 is 9.84 Å². The standard InChI is InChI=1S/C19H21N3O2/c1-11-6-7-17(12(2)8-11)20-19(23)16-9-13(3)22(15(16)5)18-10-14(4)24-21-18/h6-10H,1-5H3,(H,20,23). The van der Waals surface area contributed by atoms with Gasteiger partial charge in [0.1, 0.15) is 5.76 Å². The van der Waals surface area contributed by atoms with E-state index in [4.69, 9.17) is 4.52 Å². The zero-order valence-electron chi connectivity index (χ0n) is 14.6. The number of aromatic nitrogens is 2. The summed E-state index contributed by atoms with van der Waals surface area (Å²) in [5.41, 5.74) is 5.45. The number of carbonyl (C=O) groups excluding carboxylic acids is 1. The zero-order chi connectivity index (χ0) is 17.4. The largest absolute Gasteiger partial charge is 0.360 e. The van der Waals surface area contributed by atoms with Gasteiger partial charge in [-0.1, -0.05) is 22.9 Å². The number of anilines is 1. The SMILES string of the molecule is Cc1ccc(NC(=O)c2cc(C)n(-c3cc(C)on3)c2C)c(C)c1. The highest BCUT2D eigenvalue weighted by Gasteiger charge is 2.19. The molecule has 1 N–H and O–H groups in total. The fourth-order valence-corrected chi connectivity index (χ4v) is 2.95. The zero-order valence-corrected chi connectivity index (χ0v) is 14.6. The van der Waals surface area contributed by atoms with Crippen LogP contribution in [0.15, 0.2) is 34.9 Å². The van der Waals surface area contributed by atoms with Crippen molar-refractivity contribution in [2.75, 3.05) is 5.32 Å². The molecule has 24 heavy (non-hydrogen) atoms. The number of aryl methyl sites for hydroxylation is 4. The molecule has 5 heteroatoms. The molecule has 0 aliphatic heterocycles. The minimum atomic E-state index is -0.124. The molecule has 3 aromatic rings. The van der Waals surface area contributed by atoms with Gasteiger partial charge in [0.2, 0.25) is 0 Å². The first kappa shape index (κ1) is 16.1. The Balaban J connectivity index is 1.94. The Kier molecular flexibility index (Phi) is 4.01. The van der Waals surface area contributed by atoms with Crippen LogP contribution in [0.25, 0.3) is 5.82 Å². The smallest absolute Gasteiger partial charge is 0.257 e. The first-order valence-corrected chi connectivity index (χ1v) is 7.88. The number of hydrogen-bond acceptors (Lipinski definition) is 3. The van der Waals surface area contributed by atoms with Crippen molar-refractivity contribution >= 4 is 11.6 Å². The Hall–Kier alpha value is -2.82. The van der Waals surface area contributed by atoms with E-state index in [2.05, 4.69) is 16.5 Å². The van der Waals surface area contributed by atoms with E-state index >= 15 is 0 Å². The van der Waals surface area contributed by atoms with Crippen molar-refractivity contribution in [2.45, 2.75) is 34.6 Å². The molecule has 0 aliphatic rings. The van der Waals surface area contributed by atoms with Gasteiger partial charge in [-0.3, -0.25) is 9.36 Å². The molecule has 124 valence electrons. The maximum Gasteiger partial charge on any atom is 0.257 e. The van der Waals surface area contributed by atoms with E-state index in [1.807, 2.05) is 63.5 Å². The summed E-state index contributed by atoms with van der Waals surface area (Å²) >= 11 is 0. The second kappa shape index (κ2) is 6.00. The van der Waals surface area contributed by atoms with Crippen LogP contribution < -0.4 is 5.32 Å². The van der Waals surface area contributed by atoms with Crippen molar-refractivity contribution in [2.24, 2.45) is 0 Å². The van der Waals surface area contributed by atoms with E-state index < -0.39 is 0 Å². The third-order valence-corrected chi connectivity index (χ3v) is 4.15. The van der Waals surface area contributed by atoms with Crippen LogP contribution in [-0.2, 0) is 0 Å². The number of nitrogens with zero attached hydrogens (tertiary/aromatic N) is 2. The maximum absolute atomic E-state index is 12.7. The molecule has 0 aliphatic carbocycles. The lowest BCUT2D eigenvalue weighted by atomic mass is 10.1. The minimum Gasteiger partial charge on any atom is -0.360 e. The molecule has 1 aromatic carbocycles. The average molecular weight is 323 g/mol. The normalized spacial score (nSPS) is 10.9. The Morgan fingerprint density at radius 1 is 1.08 bits per heavy atom. The Bertz CT molecular complexity index is 919. The molecule has 0 bridgehead atoms. The summed E-state index contributed by atoms with van der Waals surface area (Å²) in [6, 6.07) is 9.70. The lowest BCUT2D eigenvalue weighted by Crippen LogP contribution is -2.14. The summed E-state index contributed by atoms with van der Waals surface area (Å²) in [5.74, 6) is 1.30. The lowest BCUT2D eigenvalue weighted by Gasteiger charge is -2.09. The van der Waals surface area contributed by atoms with E-state index in [1.165, 1.54) is 5.56 Å². The second-order valence-electron chi connectivity index (χ2n) is 6.19. The van der Waals surface area contributed by atoms with Gasteiger partial charge in [0.25, 0.3) is 5.91 Å². The fourth-order valence-electron chi connectivity index (χ4n) is 2.95. The van der Waals surface area contributed by atoms with Crippen molar-refractivity contribution in [1.29, 1.82) is 0 Å². The van der Waals surface area contributed by atoms with Gasteiger partial charge in [-0.15, -0.1) is 0 Å².